The van der Waals surface area contributed by atoms with Gasteiger partial charge < -0.3 is 15.2 Å². The van der Waals surface area contributed by atoms with Crippen LogP contribution < -0.4 is 10.6 Å². The van der Waals surface area contributed by atoms with E-state index < -0.39 is 5.54 Å². The van der Waals surface area contributed by atoms with Crippen molar-refractivity contribution in [2.45, 2.75) is 31.5 Å². The summed E-state index contributed by atoms with van der Waals surface area (Å²) in [6.07, 6.45) is 5.44. The second-order valence-corrected chi connectivity index (χ2v) is 7.98. The SMILES string of the molecule is O=C1Nc2ccccc2NC12CCN(Cc1cncn1Cc1ccccc1)CC2. The number of carbonyl (C=O) groups is 1. The van der Waals surface area contributed by atoms with Gasteiger partial charge in [0.2, 0.25) is 5.91 Å². The molecular weight excluding hydrogens is 362 g/mol. The lowest BCUT2D eigenvalue weighted by atomic mass is 9.84. The third-order valence-electron chi connectivity index (χ3n) is 6.07. The predicted molar refractivity (Wildman–Crippen MR) is 114 cm³/mol. The average molecular weight is 387 g/mol. The number of likely N-dealkylation sites (tertiary alicyclic amines) is 1. The van der Waals surface area contributed by atoms with Gasteiger partial charge >= 0.3 is 0 Å². The Hall–Kier alpha value is -3.12. The zero-order valence-corrected chi connectivity index (χ0v) is 16.3. The molecule has 0 atom stereocenters. The van der Waals surface area contributed by atoms with Crippen LogP contribution in [0.1, 0.15) is 24.1 Å². The van der Waals surface area contributed by atoms with E-state index in [-0.39, 0.29) is 5.91 Å². The van der Waals surface area contributed by atoms with Gasteiger partial charge in [-0.1, -0.05) is 42.5 Å². The lowest BCUT2D eigenvalue weighted by Gasteiger charge is -2.44. The molecule has 0 radical (unpaired) electrons. The third kappa shape index (κ3) is 3.51. The highest BCUT2D eigenvalue weighted by Gasteiger charge is 2.44. The van der Waals surface area contributed by atoms with E-state index >= 15 is 0 Å². The lowest BCUT2D eigenvalue weighted by Crippen LogP contribution is -2.58. The van der Waals surface area contributed by atoms with E-state index in [1.807, 2.05) is 42.9 Å². The van der Waals surface area contributed by atoms with Crippen molar-refractivity contribution in [1.82, 2.24) is 14.5 Å². The van der Waals surface area contributed by atoms with Crippen molar-refractivity contribution >= 4 is 17.3 Å². The summed E-state index contributed by atoms with van der Waals surface area (Å²) in [6, 6.07) is 18.4. The van der Waals surface area contributed by atoms with Gasteiger partial charge in [0.15, 0.2) is 0 Å². The number of amides is 1. The van der Waals surface area contributed by atoms with Crippen molar-refractivity contribution in [3.05, 3.63) is 78.4 Å². The number of benzene rings is 2. The van der Waals surface area contributed by atoms with E-state index in [4.69, 9.17) is 0 Å². The van der Waals surface area contributed by atoms with E-state index in [0.29, 0.717) is 0 Å². The molecule has 1 spiro atoms. The van der Waals surface area contributed by atoms with E-state index in [0.717, 1.165) is 50.4 Å². The molecule has 0 bridgehead atoms. The topological polar surface area (TPSA) is 62.2 Å². The van der Waals surface area contributed by atoms with Crippen molar-refractivity contribution in [2.75, 3.05) is 23.7 Å². The van der Waals surface area contributed by atoms with Gasteiger partial charge in [0.05, 0.1) is 23.4 Å². The summed E-state index contributed by atoms with van der Waals surface area (Å²) in [5.74, 6) is 0.0879. The first-order chi connectivity index (χ1) is 14.2. The van der Waals surface area contributed by atoms with Crippen LogP contribution in [0.25, 0.3) is 0 Å². The molecule has 2 N–H and O–H groups in total. The first kappa shape index (κ1) is 17.9. The molecule has 3 heterocycles. The van der Waals surface area contributed by atoms with Crippen molar-refractivity contribution < 1.29 is 4.79 Å². The number of carbonyl (C=O) groups excluding carboxylic acids is 1. The van der Waals surface area contributed by atoms with Crippen LogP contribution >= 0.6 is 0 Å². The van der Waals surface area contributed by atoms with Gasteiger partial charge in [-0.05, 0) is 30.5 Å². The second kappa shape index (κ2) is 7.37. The van der Waals surface area contributed by atoms with Gasteiger partial charge in [0.25, 0.3) is 0 Å². The maximum absolute atomic E-state index is 12.8. The fraction of sp³-hybridized carbons (Fsp3) is 0.304. The molecule has 5 rings (SSSR count). The molecule has 2 aromatic carbocycles. The Morgan fingerprint density at radius 1 is 0.931 bits per heavy atom. The summed E-state index contributed by atoms with van der Waals surface area (Å²) in [7, 11) is 0. The quantitative estimate of drug-likeness (QED) is 0.721. The van der Waals surface area contributed by atoms with E-state index in [2.05, 4.69) is 49.4 Å². The molecule has 29 heavy (non-hydrogen) atoms. The Bertz CT molecular complexity index is 1000. The molecule has 148 valence electrons. The molecule has 3 aromatic rings. The van der Waals surface area contributed by atoms with Gasteiger partial charge in [0, 0.05) is 32.4 Å². The normalized spacial score (nSPS) is 18.1. The molecule has 1 aromatic heterocycles. The van der Waals surface area contributed by atoms with Crippen molar-refractivity contribution in [2.24, 2.45) is 0 Å². The molecule has 2 aliphatic rings. The smallest absolute Gasteiger partial charge is 0.250 e. The molecule has 1 fully saturated rings. The fourth-order valence-electron chi connectivity index (χ4n) is 4.33. The van der Waals surface area contributed by atoms with Crippen LogP contribution in [0.5, 0.6) is 0 Å². The number of piperidine rings is 1. The number of anilines is 2. The van der Waals surface area contributed by atoms with Crippen LogP contribution in [0.2, 0.25) is 0 Å². The number of hydrogen-bond donors (Lipinski definition) is 2. The Labute approximate surface area is 170 Å². The summed E-state index contributed by atoms with van der Waals surface area (Å²) >= 11 is 0. The van der Waals surface area contributed by atoms with Crippen LogP contribution in [0.15, 0.2) is 67.1 Å². The molecule has 1 saturated heterocycles. The number of para-hydroxylation sites is 2. The molecule has 0 saturated carbocycles. The van der Waals surface area contributed by atoms with Crippen LogP contribution in [0, 0.1) is 0 Å². The molecule has 6 heteroatoms. The molecule has 1 amide bonds. The zero-order valence-electron chi connectivity index (χ0n) is 16.3. The summed E-state index contributed by atoms with van der Waals surface area (Å²) < 4.78 is 2.21. The molecular formula is C23H25N5O. The number of fused-ring (bicyclic) bond motifs is 1. The standard InChI is InChI=1S/C23H25N5O/c29-22-23(26-21-9-5-4-8-20(21)25-22)10-12-27(13-11-23)16-19-14-24-17-28(19)15-18-6-2-1-3-7-18/h1-9,14,17,26H,10-13,15-16H2,(H,25,29). The zero-order chi connectivity index (χ0) is 19.7. The monoisotopic (exact) mass is 387 g/mol. The van der Waals surface area contributed by atoms with Crippen LogP contribution in [0.3, 0.4) is 0 Å². The van der Waals surface area contributed by atoms with Crippen LogP contribution in [0.4, 0.5) is 11.4 Å². The maximum Gasteiger partial charge on any atom is 0.250 e. The van der Waals surface area contributed by atoms with Gasteiger partial charge in [-0.15, -0.1) is 0 Å². The summed E-state index contributed by atoms with van der Waals surface area (Å²) in [5.41, 5.74) is 3.86. The molecule has 2 aliphatic heterocycles. The average Bonchev–Trinajstić information content (AvgIpc) is 3.18. The molecule has 6 nitrogen and oxygen atoms in total. The first-order valence-corrected chi connectivity index (χ1v) is 10.2. The van der Waals surface area contributed by atoms with Crippen LogP contribution in [-0.2, 0) is 17.9 Å². The summed E-state index contributed by atoms with van der Waals surface area (Å²) in [4.78, 5) is 19.6. The highest BCUT2D eigenvalue weighted by Crippen LogP contribution is 2.36. The van der Waals surface area contributed by atoms with E-state index in [1.54, 1.807) is 0 Å². The Morgan fingerprint density at radius 3 is 2.45 bits per heavy atom. The summed E-state index contributed by atoms with van der Waals surface area (Å²) in [5, 5.41) is 6.61. The number of aromatic nitrogens is 2. The minimum absolute atomic E-state index is 0.0879. The molecule has 0 unspecified atom stereocenters. The number of hydrogen-bond acceptors (Lipinski definition) is 4. The second-order valence-electron chi connectivity index (χ2n) is 7.98. The minimum atomic E-state index is -0.505. The largest absolute Gasteiger partial charge is 0.369 e. The van der Waals surface area contributed by atoms with Crippen molar-refractivity contribution in [1.29, 1.82) is 0 Å². The van der Waals surface area contributed by atoms with E-state index in [1.165, 1.54) is 11.3 Å². The Kier molecular flexibility index (Phi) is 4.56. The fourth-order valence-corrected chi connectivity index (χ4v) is 4.33. The van der Waals surface area contributed by atoms with E-state index in [9.17, 15) is 4.79 Å². The highest BCUT2D eigenvalue weighted by molar-refractivity contribution is 6.06. The van der Waals surface area contributed by atoms with Gasteiger partial charge in [-0.3, -0.25) is 9.69 Å². The first-order valence-electron chi connectivity index (χ1n) is 10.2. The maximum atomic E-state index is 12.8. The summed E-state index contributed by atoms with van der Waals surface area (Å²) in [6.45, 7) is 3.42. The molecule has 0 aliphatic carbocycles. The Balaban J connectivity index is 1.25. The van der Waals surface area contributed by atoms with Crippen molar-refractivity contribution in [3.8, 4) is 0 Å². The number of nitrogens with zero attached hydrogens (tertiary/aromatic N) is 3. The number of rotatable bonds is 4. The number of imidazole rings is 1. The van der Waals surface area contributed by atoms with Crippen LogP contribution in [-0.4, -0.2) is 39.0 Å². The number of nitrogens with one attached hydrogen (secondary N) is 2. The minimum Gasteiger partial charge on any atom is -0.369 e. The third-order valence-corrected chi connectivity index (χ3v) is 6.07. The van der Waals surface area contributed by atoms with Gasteiger partial charge in [0.1, 0.15) is 5.54 Å². The van der Waals surface area contributed by atoms with Gasteiger partial charge in [-0.2, -0.15) is 0 Å². The highest BCUT2D eigenvalue weighted by atomic mass is 16.2. The predicted octanol–water partition coefficient (Wildman–Crippen LogP) is 3.33. The van der Waals surface area contributed by atoms with Crippen molar-refractivity contribution in [3.63, 3.8) is 0 Å². The van der Waals surface area contributed by atoms with Gasteiger partial charge in [-0.25, -0.2) is 4.98 Å². The Morgan fingerprint density at radius 2 is 1.66 bits per heavy atom. The lowest BCUT2D eigenvalue weighted by molar-refractivity contribution is -0.122.